The number of hydrogen-bond donors (Lipinski definition) is 1. The Hall–Kier alpha value is -2.27. The summed E-state index contributed by atoms with van der Waals surface area (Å²) >= 11 is 0. The third kappa shape index (κ3) is 2.52. The molecule has 3 aliphatic heterocycles. The molecule has 0 aliphatic carbocycles. The first-order valence-corrected chi connectivity index (χ1v) is 9.85. The number of piperidine rings is 1. The summed E-state index contributed by atoms with van der Waals surface area (Å²) in [6, 6.07) is 7.00. The standard InChI is InChI=1S/C22H26N2O3/c1-12-4-5-14-15-6-7-24-10-17-13(2)27-11-18(22(25)26-3)16(17)9-20(24)21(15)23-19(14)8-12/h4-5,8,11,13,16-17,20,23H,6-7,9-10H2,1-3H3/t13-,16-,17+,20-/m0/s1. The second-order valence-electron chi connectivity index (χ2n) is 8.24. The zero-order valence-corrected chi connectivity index (χ0v) is 16.1. The van der Waals surface area contributed by atoms with Crippen LogP contribution in [0.5, 0.6) is 0 Å². The van der Waals surface area contributed by atoms with Gasteiger partial charge >= 0.3 is 5.97 Å². The third-order valence-electron chi connectivity index (χ3n) is 6.79. The second-order valence-corrected chi connectivity index (χ2v) is 8.24. The quantitative estimate of drug-likeness (QED) is 0.785. The van der Waals surface area contributed by atoms with Gasteiger partial charge in [0.1, 0.15) is 0 Å². The summed E-state index contributed by atoms with van der Waals surface area (Å²) in [5, 5.41) is 1.35. The lowest BCUT2D eigenvalue weighted by atomic mass is 9.72. The van der Waals surface area contributed by atoms with Gasteiger partial charge in [0.15, 0.2) is 0 Å². The molecule has 0 unspecified atom stereocenters. The van der Waals surface area contributed by atoms with Crippen molar-refractivity contribution in [2.24, 2.45) is 11.8 Å². The van der Waals surface area contributed by atoms with Crippen molar-refractivity contribution in [2.45, 2.75) is 38.8 Å². The average molecular weight is 366 g/mol. The Morgan fingerprint density at radius 1 is 1.37 bits per heavy atom. The molecule has 1 fully saturated rings. The fraction of sp³-hybridized carbons (Fsp3) is 0.500. The molecule has 1 saturated heterocycles. The summed E-state index contributed by atoms with van der Waals surface area (Å²) in [6.07, 6.45) is 3.77. The van der Waals surface area contributed by atoms with Crippen LogP contribution in [0.3, 0.4) is 0 Å². The van der Waals surface area contributed by atoms with E-state index in [-0.39, 0.29) is 18.0 Å². The van der Waals surface area contributed by atoms with E-state index in [0.717, 1.165) is 25.9 Å². The molecular formula is C22H26N2O3. The SMILES string of the molecule is COC(=O)C1=CO[C@@H](C)[C@H]2CN3CCc4c([nH]c5cc(C)ccc45)[C@@H]3C[C@H]12. The van der Waals surface area contributed by atoms with Crippen LogP contribution in [-0.4, -0.2) is 42.2 Å². The minimum atomic E-state index is -0.256. The first-order chi connectivity index (χ1) is 13.1. The van der Waals surface area contributed by atoms with E-state index >= 15 is 0 Å². The Morgan fingerprint density at radius 3 is 3.04 bits per heavy atom. The molecule has 2 aromatic rings. The Kier molecular flexibility index (Phi) is 3.83. The number of rotatable bonds is 1. The lowest BCUT2D eigenvalue weighted by Crippen LogP contribution is -2.51. The molecule has 3 aliphatic rings. The molecule has 0 radical (unpaired) electrons. The molecule has 0 saturated carbocycles. The summed E-state index contributed by atoms with van der Waals surface area (Å²) in [4.78, 5) is 18.6. The summed E-state index contributed by atoms with van der Waals surface area (Å²) in [5.74, 6) is 0.253. The summed E-state index contributed by atoms with van der Waals surface area (Å²) in [6.45, 7) is 6.27. The maximum atomic E-state index is 12.3. The maximum absolute atomic E-state index is 12.3. The first kappa shape index (κ1) is 16.9. The van der Waals surface area contributed by atoms with Crippen molar-refractivity contribution in [3.05, 3.63) is 46.9 Å². The van der Waals surface area contributed by atoms with Gasteiger partial charge in [-0.25, -0.2) is 4.79 Å². The number of H-pyrrole nitrogens is 1. The summed E-state index contributed by atoms with van der Waals surface area (Å²) in [5.41, 5.74) is 5.99. The predicted molar refractivity (Wildman–Crippen MR) is 103 cm³/mol. The number of benzene rings is 1. The van der Waals surface area contributed by atoms with Gasteiger partial charge in [0.05, 0.1) is 31.1 Å². The van der Waals surface area contributed by atoms with E-state index in [1.807, 2.05) is 0 Å². The average Bonchev–Trinajstić information content (AvgIpc) is 3.04. The molecule has 5 rings (SSSR count). The molecule has 142 valence electrons. The lowest BCUT2D eigenvalue weighted by molar-refractivity contribution is -0.139. The molecule has 4 heterocycles. The number of aryl methyl sites for hydroxylation is 1. The van der Waals surface area contributed by atoms with E-state index in [1.54, 1.807) is 6.26 Å². The van der Waals surface area contributed by atoms with Crippen molar-refractivity contribution in [3.63, 3.8) is 0 Å². The fourth-order valence-electron chi connectivity index (χ4n) is 5.36. The Morgan fingerprint density at radius 2 is 2.22 bits per heavy atom. The Balaban J connectivity index is 1.55. The summed E-state index contributed by atoms with van der Waals surface area (Å²) in [7, 11) is 1.45. The molecular weight excluding hydrogens is 340 g/mol. The van der Waals surface area contributed by atoms with Crippen LogP contribution in [0.25, 0.3) is 10.9 Å². The van der Waals surface area contributed by atoms with Crippen LogP contribution in [0.15, 0.2) is 30.0 Å². The van der Waals surface area contributed by atoms with E-state index in [4.69, 9.17) is 9.47 Å². The number of methoxy groups -OCH3 is 1. The second kappa shape index (κ2) is 6.13. The monoisotopic (exact) mass is 366 g/mol. The highest BCUT2D eigenvalue weighted by atomic mass is 16.5. The number of ether oxygens (including phenoxy) is 2. The lowest BCUT2D eigenvalue weighted by Gasteiger charge is -2.49. The van der Waals surface area contributed by atoms with E-state index in [2.05, 4.69) is 41.9 Å². The normalized spacial score (nSPS) is 30.0. The Labute approximate surface area is 159 Å². The zero-order chi connectivity index (χ0) is 18.7. The maximum Gasteiger partial charge on any atom is 0.337 e. The molecule has 1 N–H and O–H groups in total. The number of carbonyl (C=O) groups is 1. The number of aromatic nitrogens is 1. The Bertz CT molecular complexity index is 944. The summed E-state index contributed by atoms with van der Waals surface area (Å²) < 4.78 is 10.8. The highest BCUT2D eigenvalue weighted by molar-refractivity contribution is 5.89. The van der Waals surface area contributed by atoms with Crippen molar-refractivity contribution in [2.75, 3.05) is 20.2 Å². The topological polar surface area (TPSA) is 54.6 Å². The highest BCUT2D eigenvalue weighted by Gasteiger charge is 2.46. The molecule has 5 heteroatoms. The molecule has 1 aromatic heterocycles. The number of fused-ring (bicyclic) bond motifs is 6. The molecule has 1 aromatic carbocycles. The first-order valence-electron chi connectivity index (χ1n) is 9.85. The van der Waals surface area contributed by atoms with Crippen LogP contribution in [0.1, 0.15) is 36.2 Å². The highest BCUT2D eigenvalue weighted by Crippen LogP contribution is 2.47. The van der Waals surface area contributed by atoms with Gasteiger partial charge in [0.2, 0.25) is 0 Å². The molecule has 0 spiro atoms. The van der Waals surface area contributed by atoms with E-state index in [0.29, 0.717) is 17.5 Å². The van der Waals surface area contributed by atoms with Crippen molar-refractivity contribution in [1.29, 1.82) is 0 Å². The van der Waals surface area contributed by atoms with Gasteiger partial charge in [-0.2, -0.15) is 0 Å². The number of esters is 1. The fourth-order valence-corrected chi connectivity index (χ4v) is 5.36. The molecule has 0 amide bonds. The van der Waals surface area contributed by atoms with E-state index in [9.17, 15) is 4.79 Å². The number of nitrogens with one attached hydrogen (secondary N) is 1. The van der Waals surface area contributed by atoms with Gasteiger partial charge in [-0.15, -0.1) is 0 Å². The van der Waals surface area contributed by atoms with E-state index in [1.165, 1.54) is 34.8 Å². The third-order valence-corrected chi connectivity index (χ3v) is 6.79. The van der Waals surface area contributed by atoms with Gasteiger partial charge < -0.3 is 14.5 Å². The van der Waals surface area contributed by atoms with Crippen molar-refractivity contribution >= 4 is 16.9 Å². The van der Waals surface area contributed by atoms with Crippen LogP contribution in [0.2, 0.25) is 0 Å². The largest absolute Gasteiger partial charge is 0.497 e. The zero-order valence-electron chi connectivity index (χ0n) is 16.1. The number of nitrogens with zero attached hydrogens (tertiary/aromatic N) is 1. The van der Waals surface area contributed by atoms with Crippen LogP contribution in [0.4, 0.5) is 0 Å². The van der Waals surface area contributed by atoms with Gasteiger partial charge in [0.25, 0.3) is 0 Å². The van der Waals surface area contributed by atoms with Crippen molar-refractivity contribution < 1.29 is 14.3 Å². The van der Waals surface area contributed by atoms with Gasteiger partial charge in [-0.05, 0) is 43.9 Å². The van der Waals surface area contributed by atoms with Crippen molar-refractivity contribution in [1.82, 2.24) is 9.88 Å². The number of carbonyl (C=O) groups excluding carboxylic acids is 1. The predicted octanol–water partition coefficient (Wildman–Crippen LogP) is 3.49. The van der Waals surface area contributed by atoms with Crippen LogP contribution in [-0.2, 0) is 20.7 Å². The van der Waals surface area contributed by atoms with Gasteiger partial charge in [-0.3, -0.25) is 4.90 Å². The molecule has 5 nitrogen and oxygen atoms in total. The molecule has 0 bridgehead atoms. The van der Waals surface area contributed by atoms with Crippen LogP contribution < -0.4 is 0 Å². The minimum Gasteiger partial charge on any atom is -0.497 e. The molecule has 4 atom stereocenters. The van der Waals surface area contributed by atoms with Crippen LogP contribution >= 0.6 is 0 Å². The van der Waals surface area contributed by atoms with Crippen molar-refractivity contribution in [3.8, 4) is 0 Å². The number of hydrogen-bond acceptors (Lipinski definition) is 4. The van der Waals surface area contributed by atoms with Gasteiger partial charge in [0, 0.05) is 41.5 Å². The molecule has 27 heavy (non-hydrogen) atoms. The minimum absolute atomic E-state index is 0.121. The van der Waals surface area contributed by atoms with Gasteiger partial charge in [-0.1, -0.05) is 12.1 Å². The van der Waals surface area contributed by atoms with Crippen LogP contribution in [0, 0.1) is 18.8 Å². The number of aromatic amines is 1. The van der Waals surface area contributed by atoms with E-state index < -0.39 is 0 Å². The smallest absolute Gasteiger partial charge is 0.337 e.